The van der Waals surface area contributed by atoms with Crippen LogP contribution in [0.1, 0.15) is 43.2 Å². The quantitative estimate of drug-likeness (QED) is 0.870. The standard InChI is InChI=1S/C21H29N5O2/c1-15-12-18(16(14-22)13-19(15)24(2)3)23-21(28)25-9-4-6-17(8-11-25)26-10-5-7-20(26)27/h12-13,17H,4-11H2,1-3H3,(H,23,28). The SMILES string of the molecule is Cc1cc(NC(=O)N2CCCC(N3CCCC3=O)CC2)c(C#N)cc1N(C)C. The van der Waals surface area contributed by atoms with Crippen LogP contribution in [0.3, 0.4) is 0 Å². The fourth-order valence-corrected chi connectivity index (χ4v) is 4.22. The average molecular weight is 383 g/mol. The molecule has 7 nitrogen and oxygen atoms in total. The molecule has 2 fully saturated rings. The van der Waals surface area contributed by atoms with Crippen LogP contribution in [0.25, 0.3) is 0 Å². The van der Waals surface area contributed by atoms with E-state index in [4.69, 9.17) is 0 Å². The summed E-state index contributed by atoms with van der Waals surface area (Å²) in [6.45, 7) is 4.10. The van der Waals surface area contributed by atoms with Crippen molar-refractivity contribution in [2.45, 2.75) is 45.1 Å². The summed E-state index contributed by atoms with van der Waals surface area (Å²) in [4.78, 5) is 30.6. The maximum atomic E-state index is 12.8. The largest absolute Gasteiger partial charge is 0.377 e. The molecule has 1 atom stereocenters. The van der Waals surface area contributed by atoms with Gasteiger partial charge in [0.1, 0.15) is 6.07 Å². The van der Waals surface area contributed by atoms with Gasteiger partial charge in [-0.05, 0) is 50.3 Å². The highest BCUT2D eigenvalue weighted by Crippen LogP contribution is 2.27. The number of carbonyl (C=O) groups excluding carboxylic acids is 2. The zero-order chi connectivity index (χ0) is 20.3. The van der Waals surface area contributed by atoms with Crippen LogP contribution in [0.4, 0.5) is 16.2 Å². The third-order valence-corrected chi connectivity index (χ3v) is 5.72. The summed E-state index contributed by atoms with van der Waals surface area (Å²) in [6, 6.07) is 5.91. The van der Waals surface area contributed by atoms with E-state index in [0.29, 0.717) is 30.8 Å². The second-order valence-corrected chi connectivity index (χ2v) is 7.88. The van der Waals surface area contributed by atoms with E-state index in [1.54, 1.807) is 4.90 Å². The van der Waals surface area contributed by atoms with Gasteiger partial charge in [0, 0.05) is 51.9 Å². The van der Waals surface area contributed by atoms with Crippen molar-refractivity contribution >= 4 is 23.3 Å². The van der Waals surface area contributed by atoms with Gasteiger partial charge in [0.15, 0.2) is 0 Å². The van der Waals surface area contributed by atoms with E-state index in [9.17, 15) is 14.9 Å². The smallest absolute Gasteiger partial charge is 0.321 e. The first kappa shape index (κ1) is 20.0. The number of nitriles is 1. The van der Waals surface area contributed by atoms with Crippen molar-refractivity contribution in [3.8, 4) is 6.07 Å². The maximum absolute atomic E-state index is 12.8. The Labute approximate surface area is 166 Å². The molecule has 1 N–H and O–H groups in total. The zero-order valence-electron chi connectivity index (χ0n) is 17.0. The molecule has 0 bridgehead atoms. The molecule has 0 saturated carbocycles. The summed E-state index contributed by atoms with van der Waals surface area (Å²) in [5.74, 6) is 0.248. The first-order valence-electron chi connectivity index (χ1n) is 9.98. The second kappa shape index (κ2) is 8.51. The third kappa shape index (κ3) is 4.22. The lowest BCUT2D eigenvalue weighted by Crippen LogP contribution is -2.39. The minimum atomic E-state index is -0.179. The van der Waals surface area contributed by atoms with Crippen LogP contribution >= 0.6 is 0 Å². The molecule has 1 unspecified atom stereocenters. The van der Waals surface area contributed by atoms with Gasteiger partial charge in [-0.15, -0.1) is 0 Å². The Morgan fingerprint density at radius 1 is 1.21 bits per heavy atom. The lowest BCUT2D eigenvalue weighted by molar-refractivity contribution is -0.129. The van der Waals surface area contributed by atoms with Crippen molar-refractivity contribution in [3.05, 3.63) is 23.3 Å². The summed E-state index contributed by atoms with van der Waals surface area (Å²) < 4.78 is 0. The third-order valence-electron chi connectivity index (χ3n) is 5.72. The highest BCUT2D eigenvalue weighted by Gasteiger charge is 2.30. The molecule has 3 rings (SSSR count). The predicted molar refractivity (Wildman–Crippen MR) is 109 cm³/mol. The van der Waals surface area contributed by atoms with Crippen molar-refractivity contribution in [3.63, 3.8) is 0 Å². The molecular formula is C21H29N5O2. The average Bonchev–Trinajstić information content (AvgIpc) is 2.93. The normalized spacial score (nSPS) is 19.9. The second-order valence-electron chi connectivity index (χ2n) is 7.88. The number of urea groups is 1. The van der Waals surface area contributed by atoms with E-state index >= 15 is 0 Å². The molecule has 7 heteroatoms. The Balaban J connectivity index is 1.67. The molecule has 0 radical (unpaired) electrons. The van der Waals surface area contributed by atoms with Gasteiger partial charge >= 0.3 is 6.03 Å². The topological polar surface area (TPSA) is 79.7 Å². The minimum absolute atomic E-state index is 0.179. The Hall–Kier alpha value is -2.75. The Morgan fingerprint density at radius 2 is 2.00 bits per heavy atom. The van der Waals surface area contributed by atoms with Gasteiger partial charge in [0.2, 0.25) is 5.91 Å². The van der Waals surface area contributed by atoms with Crippen molar-refractivity contribution < 1.29 is 9.59 Å². The molecule has 0 spiro atoms. The Morgan fingerprint density at radius 3 is 2.64 bits per heavy atom. The maximum Gasteiger partial charge on any atom is 0.321 e. The molecule has 0 aromatic heterocycles. The number of nitrogens with one attached hydrogen (secondary N) is 1. The van der Waals surface area contributed by atoms with E-state index in [1.807, 2.05) is 43.0 Å². The lowest BCUT2D eigenvalue weighted by atomic mass is 10.1. The number of amides is 3. The van der Waals surface area contributed by atoms with Gasteiger partial charge in [-0.3, -0.25) is 4.79 Å². The minimum Gasteiger partial charge on any atom is -0.377 e. The number of aryl methyl sites for hydroxylation is 1. The van der Waals surface area contributed by atoms with Gasteiger partial charge < -0.3 is 20.0 Å². The summed E-state index contributed by atoms with van der Waals surface area (Å²) in [5.41, 5.74) is 2.97. The first-order valence-corrected chi connectivity index (χ1v) is 9.98. The molecule has 1 aromatic carbocycles. The van der Waals surface area contributed by atoms with Crippen LogP contribution in [-0.2, 0) is 4.79 Å². The number of nitrogens with zero attached hydrogens (tertiary/aromatic N) is 4. The van der Waals surface area contributed by atoms with Gasteiger partial charge in [-0.25, -0.2) is 4.79 Å². The molecule has 150 valence electrons. The Kier molecular flexibility index (Phi) is 6.08. The number of rotatable bonds is 3. The van der Waals surface area contributed by atoms with Gasteiger partial charge in [-0.1, -0.05) is 0 Å². The predicted octanol–water partition coefficient (Wildman–Crippen LogP) is 2.94. The van der Waals surface area contributed by atoms with Crippen molar-refractivity contribution in [1.82, 2.24) is 9.80 Å². The molecular weight excluding hydrogens is 354 g/mol. The molecule has 2 heterocycles. The van der Waals surface area contributed by atoms with E-state index in [1.165, 1.54) is 0 Å². The molecule has 2 aliphatic heterocycles. The molecule has 2 aliphatic rings. The van der Waals surface area contributed by atoms with Gasteiger partial charge in [-0.2, -0.15) is 5.26 Å². The number of anilines is 2. The summed E-state index contributed by atoms with van der Waals surface area (Å²) in [5, 5.41) is 12.4. The van der Waals surface area contributed by atoms with Crippen molar-refractivity contribution in [1.29, 1.82) is 5.26 Å². The van der Waals surface area contributed by atoms with Crippen LogP contribution in [0.2, 0.25) is 0 Å². The number of hydrogen-bond acceptors (Lipinski definition) is 4. The summed E-state index contributed by atoms with van der Waals surface area (Å²) >= 11 is 0. The van der Waals surface area contributed by atoms with E-state index < -0.39 is 0 Å². The number of carbonyl (C=O) groups is 2. The highest BCUT2D eigenvalue weighted by atomic mass is 16.2. The Bertz CT molecular complexity index is 799. The van der Waals surface area contributed by atoms with Gasteiger partial charge in [0.05, 0.1) is 11.3 Å². The van der Waals surface area contributed by atoms with Crippen molar-refractivity contribution in [2.24, 2.45) is 0 Å². The molecule has 3 amide bonds. The summed E-state index contributed by atoms with van der Waals surface area (Å²) in [7, 11) is 3.86. The van der Waals surface area contributed by atoms with Crippen LogP contribution in [0.5, 0.6) is 0 Å². The fraction of sp³-hybridized carbons (Fsp3) is 0.571. The van der Waals surface area contributed by atoms with Crippen molar-refractivity contribution in [2.75, 3.05) is 43.9 Å². The van der Waals surface area contributed by atoms with Crippen LogP contribution < -0.4 is 10.2 Å². The summed E-state index contributed by atoms with van der Waals surface area (Å²) in [6.07, 6.45) is 4.22. The van der Waals surface area contributed by atoms with Crippen LogP contribution in [-0.4, -0.2) is 61.5 Å². The molecule has 1 aromatic rings. The molecule has 2 saturated heterocycles. The van der Waals surface area contributed by atoms with E-state index in [-0.39, 0.29) is 18.0 Å². The lowest BCUT2D eigenvalue weighted by Gasteiger charge is -2.27. The van der Waals surface area contributed by atoms with Gasteiger partial charge in [0.25, 0.3) is 0 Å². The van der Waals surface area contributed by atoms with Crippen LogP contribution in [0, 0.1) is 18.3 Å². The first-order chi connectivity index (χ1) is 13.4. The van der Waals surface area contributed by atoms with E-state index in [2.05, 4.69) is 11.4 Å². The number of hydrogen-bond donors (Lipinski definition) is 1. The van der Waals surface area contributed by atoms with Crippen LogP contribution in [0.15, 0.2) is 12.1 Å². The van der Waals surface area contributed by atoms with E-state index in [0.717, 1.165) is 43.5 Å². The fourth-order valence-electron chi connectivity index (χ4n) is 4.22. The monoisotopic (exact) mass is 383 g/mol. The number of benzene rings is 1. The molecule has 28 heavy (non-hydrogen) atoms. The number of likely N-dealkylation sites (tertiary alicyclic amines) is 2. The highest BCUT2D eigenvalue weighted by molar-refractivity contribution is 5.91. The molecule has 0 aliphatic carbocycles. The zero-order valence-corrected chi connectivity index (χ0v) is 17.0.